The summed E-state index contributed by atoms with van der Waals surface area (Å²) in [6.45, 7) is 1.12. The highest BCUT2D eigenvalue weighted by Gasteiger charge is 2.36. The van der Waals surface area contributed by atoms with E-state index < -0.39 is 35.5 Å². The fraction of sp³-hybridized carbons (Fsp3) is 0.0870. The van der Waals surface area contributed by atoms with Gasteiger partial charge >= 0.3 is 11.9 Å². The van der Waals surface area contributed by atoms with Crippen LogP contribution in [0.15, 0.2) is 65.1 Å². The summed E-state index contributed by atoms with van der Waals surface area (Å²) in [7, 11) is 0. The molecule has 1 fully saturated rings. The molecule has 33 heavy (non-hydrogen) atoms. The molecular weight excluding hydrogens is 448 g/mol. The number of nitrogens with zero attached hydrogens (tertiary/aromatic N) is 1. The molecule has 2 aromatic rings. The van der Waals surface area contributed by atoms with E-state index in [4.69, 9.17) is 5.11 Å². The van der Waals surface area contributed by atoms with Crippen LogP contribution in [0.5, 0.6) is 0 Å². The van der Waals surface area contributed by atoms with Crippen LogP contribution >= 0.6 is 11.8 Å². The van der Waals surface area contributed by atoms with Crippen molar-refractivity contribution in [3.8, 4) is 0 Å². The molecule has 168 valence electrons. The van der Waals surface area contributed by atoms with Gasteiger partial charge < -0.3 is 15.5 Å². The Balaban J connectivity index is 1.74. The van der Waals surface area contributed by atoms with Gasteiger partial charge in [-0.15, -0.1) is 0 Å². The van der Waals surface area contributed by atoms with Gasteiger partial charge in [-0.3, -0.25) is 19.3 Å². The number of rotatable bonds is 7. The average Bonchev–Trinajstić information content (AvgIpc) is 3.01. The second-order valence-corrected chi connectivity index (χ2v) is 7.98. The van der Waals surface area contributed by atoms with Crippen LogP contribution in [0.4, 0.5) is 10.5 Å². The topological polar surface area (TPSA) is 141 Å². The largest absolute Gasteiger partial charge is 0.478 e. The molecule has 10 heteroatoms. The van der Waals surface area contributed by atoms with Crippen molar-refractivity contribution in [2.75, 3.05) is 11.9 Å². The SMILES string of the molecule is CC(/C=C1\SC(=O)N(CC(=O)Nc2cc(C(=O)O)ccc2C(=O)O)C1=O)=C\c1ccccc1. The summed E-state index contributed by atoms with van der Waals surface area (Å²) in [6, 6.07) is 12.5. The lowest BCUT2D eigenvalue weighted by Crippen LogP contribution is -2.36. The van der Waals surface area contributed by atoms with Gasteiger partial charge in [0.25, 0.3) is 11.1 Å². The molecule has 3 N–H and O–H groups in total. The summed E-state index contributed by atoms with van der Waals surface area (Å²) < 4.78 is 0. The fourth-order valence-corrected chi connectivity index (χ4v) is 3.89. The van der Waals surface area contributed by atoms with Crippen molar-refractivity contribution in [2.24, 2.45) is 0 Å². The van der Waals surface area contributed by atoms with Gasteiger partial charge in [0.1, 0.15) is 6.54 Å². The van der Waals surface area contributed by atoms with Crippen molar-refractivity contribution in [3.05, 3.63) is 81.8 Å². The zero-order chi connectivity index (χ0) is 24.1. The van der Waals surface area contributed by atoms with E-state index in [1.165, 1.54) is 0 Å². The van der Waals surface area contributed by atoms with Crippen LogP contribution in [-0.2, 0) is 9.59 Å². The first kappa shape index (κ1) is 23.5. The summed E-state index contributed by atoms with van der Waals surface area (Å²) in [5.41, 5.74) is 0.834. The van der Waals surface area contributed by atoms with E-state index in [1.54, 1.807) is 13.0 Å². The number of nitrogens with one attached hydrogen (secondary N) is 1. The van der Waals surface area contributed by atoms with Crippen LogP contribution in [0.1, 0.15) is 33.2 Å². The van der Waals surface area contributed by atoms with Crippen LogP contribution in [0.2, 0.25) is 0 Å². The first-order valence-corrected chi connectivity index (χ1v) is 10.4. The Labute approximate surface area is 192 Å². The zero-order valence-electron chi connectivity index (χ0n) is 17.3. The number of allylic oxidation sites excluding steroid dienone is 2. The van der Waals surface area contributed by atoms with Crippen LogP contribution < -0.4 is 5.32 Å². The molecule has 1 heterocycles. The minimum atomic E-state index is -1.38. The monoisotopic (exact) mass is 466 g/mol. The van der Waals surface area contributed by atoms with Gasteiger partial charge in [0.15, 0.2) is 0 Å². The van der Waals surface area contributed by atoms with Crippen LogP contribution in [-0.4, -0.2) is 50.6 Å². The number of hydrogen-bond acceptors (Lipinski definition) is 6. The number of carbonyl (C=O) groups excluding carboxylic acids is 3. The normalized spacial score (nSPS) is 15.1. The standard InChI is InChI=1S/C23H18N2O7S/c1-13(9-14-5-3-2-4-6-14)10-18-20(27)25(23(32)33-18)12-19(26)24-17-11-15(21(28)29)7-8-16(17)22(30)31/h2-11H,12H2,1H3,(H,24,26)(H,28,29)(H,30,31)/b13-9+,18-10-. The van der Waals surface area contributed by atoms with Crippen molar-refractivity contribution >= 4 is 52.5 Å². The molecule has 3 rings (SSSR count). The van der Waals surface area contributed by atoms with Crippen molar-refractivity contribution < 1.29 is 34.2 Å². The highest BCUT2D eigenvalue weighted by Crippen LogP contribution is 2.31. The van der Waals surface area contributed by atoms with E-state index in [1.807, 2.05) is 36.4 Å². The lowest BCUT2D eigenvalue weighted by Gasteiger charge is -2.14. The lowest BCUT2D eigenvalue weighted by atomic mass is 10.1. The van der Waals surface area contributed by atoms with E-state index >= 15 is 0 Å². The van der Waals surface area contributed by atoms with Crippen LogP contribution in [0, 0.1) is 0 Å². The number of carbonyl (C=O) groups is 5. The molecule has 2 aromatic carbocycles. The first-order valence-electron chi connectivity index (χ1n) is 9.55. The van der Waals surface area contributed by atoms with E-state index in [0.29, 0.717) is 11.8 Å². The molecule has 0 spiro atoms. The highest BCUT2D eigenvalue weighted by molar-refractivity contribution is 8.18. The van der Waals surface area contributed by atoms with Gasteiger partial charge in [-0.05, 0) is 54.1 Å². The van der Waals surface area contributed by atoms with Crippen molar-refractivity contribution in [1.29, 1.82) is 0 Å². The number of benzene rings is 2. The molecule has 1 aliphatic rings. The average molecular weight is 466 g/mol. The summed E-state index contributed by atoms with van der Waals surface area (Å²) in [5, 5.41) is 20.0. The van der Waals surface area contributed by atoms with Gasteiger partial charge in [0.05, 0.1) is 21.7 Å². The number of anilines is 1. The zero-order valence-corrected chi connectivity index (χ0v) is 18.1. The molecular formula is C23H18N2O7S. The Morgan fingerprint density at radius 3 is 2.36 bits per heavy atom. The maximum absolute atomic E-state index is 12.6. The van der Waals surface area contributed by atoms with Crippen LogP contribution in [0.25, 0.3) is 6.08 Å². The highest BCUT2D eigenvalue weighted by atomic mass is 32.2. The summed E-state index contributed by atoms with van der Waals surface area (Å²) in [6.07, 6.45) is 3.39. The van der Waals surface area contributed by atoms with E-state index in [-0.39, 0.29) is 21.7 Å². The number of carboxylic acids is 2. The molecule has 0 aromatic heterocycles. The number of carboxylic acid groups (broad SMARTS) is 2. The van der Waals surface area contributed by atoms with E-state index in [9.17, 15) is 29.1 Å². The molecule has 0 bridgehead atoms. The van der Waals surface area contributed by atoms with E-state index in [2.05, 4.69) is 5.32 Å². The molecule has 0 radical (unpaired) electrons. The molecule has 1 aliphatic heterocycles. The van der Waals surface area contributed by atoms with Crippen LogP contribution in [0.3, 0.4) is 0 Å². The first-order chi connectivity index (χ1) is 15.7. The fourth-order valence-electron chi connectivity index (χ4n) is 3.00. The third-order valence-electron chi connectivity index (χ3n) is 4.50. The Morgan fingerprint density at radius 1 is 1.03 bits per heavy atom. The molecule has 0 unspecified atom stereocenters. The number of imide groups is 1. The van der Waals surface area contributed by atoms with E-state index in [0.717, 1.165) is 34.2 Å². The minimum Gasteiger partial charge on any atom is -0.478 e. The molecule has 0 aliphatic carbocycles. The number of hydrogen-bond donors (Lipinski definition) is 3. The van der Waals surface area contributed by atoms with Crippen molar-refractivity contribution in [1.82, 2.24) is 4.90 Å². The third kappa shape index (κ3) is 5.74. The third-order valence-corrected chi connectivity index (χ3v) is 5.41. The smallest absolute Gasteiger partial charge is 0.337 e. The second-order valence-electron chi connectivity index (χ2n) is 6.99. The predicted octanol–water partition coefficient (Wildman–Crippen LogP) is 3.70. The quantitative estimate of drug-likeness (QED) is 0.525. The predicted molar refractivity (Wildman–Crippen MR) is 122 cm³/mol. The van der Waals surface area contributed by atoms with Gasteiger partial charge in [0, 0.05) is 0 Å². The molecule has 9 nitrogen and oxygen atoms in total. The summed E-state index contributed by atoms with van der Waals surface area (Å²) in [5.74, 6) is -4.19. The summed E-state index contributed by atoms with van der Waals surface area (Å²) >= 11 is 0.689. The maximum Gasteiger partial charge on any atom is 0.337 e. The summed E-state index contributed by atoms with van der Waals surface area (Å²) in [4.78, 5) is 60.8. The Morgan fingerprint density at radius 2 is 1.73 bits per heavy atom. The number of amides is 3. The number of thioether (sulfide) groups is 1. The number of aromatic carboxylic acids is 2. The molecule has 1 saturated heterocycles. The Kier molecular flexibility index (Phi) is 7.09. The van der Waals surface area contributed by atoms with Gasteiger partial charge in [-0.1, -0.05) is 36.4 Å². The Bertz CT molecular complexity index is 1220. The minimum absolute atomic E-state index is 0.150. The second kappa shape index (κ2) is 9.96. The van der Waals surface area contributed by atoms with Crippen molar-refractivity contribution in [2.45, 2.75) is 6.92 Å². The maximum atomic E-state index is 12.6. The van der Waals surface area contributed by atoms with Gasteiger partial charge in [0.2, 0.25) is 5.91 Å². The Hall–Kier alpha value is -4.18. The molecule has 0 atom stereocenters. The molecule has 0 saturated carbocycles. The van der Waals surface area contributed by atoms with Crippen molar-refractivity contribution in [3.63, 3.8) is 0 Å². The van der Waals surface area contributed by atoms with Gasteiger partial charge in [-0.2, -0.15) is 0 Å². The lowest BCUT2D eigenvalue weighted by molar-refractivity contribution is -0.127. The molecule has 3 amide bonds. The van der Waals surface area contributed by atoms with Gasteiger partial charge in [-0.25, -0.2) is 9.59 Å².